The van der Waals surface area contributed by atoms with Gasteiger partial charge >= 0.3 is 0 Å². The fourth-order valence-electron chi connectivity index (χ4n) is 2.94. The summed E-state index contributed by atoms with van der Waals surface area (Å²) in [7, 11) is 0. The van der Waals surface area contributed by atoms with Gasteiger partial charge in [-0.1, -0.05) is 5.16 Å². The van der Waals surface area contributed by atoms with Crippen LogP contribution < -0.4 is 10.6 Å². The number of halogens is 1. The largest absolute Gasteiger partial charge is 0.339 e. The predicted octanol–water partition coefficient (Wildman–Crippen LogP) is 3.24. The summed E-state index contributed by atoms with van der Waals surface area (Å²) in [4.78, 5) is 32.6. The van der Waals surface area contributed by atoms with Crippen molar-refractivity contribution in [2.75, 3.05) is 10.6 Å². The molecule has 11 heteroatoms. The van der Waals surface area contributed by atoms with E-state index in [4.69, 9.17) is 4.52 Å². The van der Waals surface area contributed by atoms with Crippen molar-refractivity contribution in [3.63, 3.8) is 0 Å². The summed E-state index contributed by atoms with van der Waals surface area (Å²) >= 11 is 0. The van der Waals surface area contributed by atoms with Gasteiger partial charge < -0.3 is 15.2 Å². The average Bonchev–Trinajstić information content (AvgIpc) is 3.52. The molecule has 168 valence electrons. The molecule has 2 heterocycles. The smallest absolute Gasteiger partial charge is 0.249 e. The number of anilines is 2. The fourth-order valence-corrected chi connectivity index (χ4v) is 2.94. The number of aryl methyl sites for hydroxylation is 1. The Labute approximate surface area is 187 Å². The van der Waals surface area contributed by atoms with Gasteiger partial charge in [0.2, 0.25) is 23.5 Å². The maximum Gasteiger partial charge on any atom is 0.249 e. The van der Waals surface area contributed by atoms with Crippen molar-refractivity contribution in [2.24, 2.45) is 0 Å². The number of aromatic nitrogens is 5. The lowest BCUT2D eigenvalue weighted by molar-refractivity contribution is -0.119. The highest BCUT2D eigenvalue weighted by Gasteiger charge is 2.15. The summed E-state index contributed by atoms with van der Waals surface area (Å²) in [6.07, 6.45) is 3.23. The average molecular weight is 449 g/mol. The van der Waals surface area contributed by atoms with Crippen LogP contribution in [0.3, 0.4) is 0 Å². The standard InChI is InChI=1S/C22H20FN7O3/c1-14(30-13-24-12-25-30)22(32)27-18-8-6-17(7-9-18)26-19(31)10-11-20-28-21(29-33-20)15-2-4-16(23)5-3-15/h2-9,12-14H,10-11H2,1H3,(H,26,31)(H,27,32). The van der Waals surface area contributed by atoms with E-state index >= 15 is 0 Å². The van der Waals surface area contributed by atoms with Crippen LogP contribution in [0, 0.1) is 5.82 Å². The molecule has 0 saturated heterocycles. The zero-order valence-corrected chi connectivity index (χ0v) is 17.6. The van der Waals surface area contributed by atoms with Crippen LogP contribution in [0.1, 0.15) is 25.3 Å². The second-order valence-corrected chi connectivity index (χ2v) is 7.18. The lowest BCUT2D eigenvalue weighted by Crippen LogP contribution is -2.24. The van der Waals surface area contributed by atoms with E-state index in [1.807, 2.05) is 0 Å². The number of amides is 2. The van der Waals surface area contributed by atoms with E-state index < -0.39 is 6.04 Å². The van der Waals surface area contributed by atoms with E-state index in [1.54, 1.807) is 43.3 Å². The third-order valence-electron chi connectivity index (χ3n) is 4.79. The molecule has 33 heavy (non-hydrogen) atoms. The molecule has 0 aliphatic carbocycles. The molecule has 0 bridgehead atoms. The first-order valence-electron chi connectivity index (χ1n) is 10.1. The zero-order chi connectivity index (χ0) is 23.2. The van der Waals surface area contributed by atoms with E-state index in [0.717, 1.165) is 0 Å². The highest BCUT2D eigenvalue weighted by molar-refractivity contribution is 5.94. The molecule has 0 spiro atoms. The number of nitrogens with one attached hydrogen (secondary N) is 2. The number of rotatable bonds is 8. The Morgan fingerprint density at radius 1 is 1.06 bits per heavy atom. The van der Waals surface area contributed by atoms with Gasteiger partial charge in [0.1, 0.15) is 24.5 Å². The summed E-state index contributed by atoms with van der Waals surface area (Å²) < 4.78 is 19.6. The number of hydrogen-bond donors (Lipinski definition) is 2. The molecule has 0 radical (unpaired) electrons. The van der Waals surface area contributed by atoms with Gasteiger partial charge in [-0.05, 0) is 55.5 Å². The van der Waals surface area contributed by atoms with Gasteiger partial charge in [0.15, 0.2) is 0 Å². The highest BCUT2D eigenvalue weighted by Crippen LogP contribution is 2.18. The lowest BCUT2D eigenvalue weighted by atomic mass is 10.2. The molecule has 2 aromatic heterocycles. The molecule has 0 aliphatic heterocycles. The van der Waals surface area contributed by atoms with Gasteiger partial charge in [0.25, 0.3) is 0 Å². The van der Waals surface area contributed by atoms with Crippen molar-refractivity contribution in [1.29, 1.82) is 0 Å². The molecule has 10 nitrogen and oxygen atoms in total. The van der Waals surface area contributed by atoms with Gasteiger partial charge in [-0.15, -0.1) is 0 Å². The Balaban J connectivity index is 1.26. The molecule has 2 amide bonds. The van der Waals surface area contributed by atoms with Crippen LogP contribution in [0.4, 0.5) is 15.8 Å². The normalized spacial score (nSPS) is 11.7. The van der Waals surface area contributed by atoms with E-state index in [9.17, 15) is 14.0 Å². The molecular weight excluding hydrogens is 429 g/mol. The summed E-state index contributed by atoms with van der Waals surface area (Å²) in [5.41, 5.74) is 1.79. The highest BCUT2D eigenvalue weighted by atomic mass is 19.1. The van der Waals surface area contributed by atoms with Crippen LogP contribution in [-0.2, 0) is 16.0 Å². The van der Waals surface area contributed by atoms with Crippen LogP contribution in [0.25, 0.3) is 11.4 Å². The van der Waals surface area contributed by atoms with Crippen molar-refractivity contribution in [2.45, 2.75) is 25.8 Å². The van der Waals surface area contributed by atoms with Crippen LogP contribution in [0.15, 0.2) is 65.7 Å². The van der Waals surface area contributed by atoms with Gasteiger partial charge in [-0.25, -0.2) is 14.1 Å². The maximum atomic E-state index is 13.0. The molecule has 2 aromatic carbocycles. The van der Waals surface area contributed by atoms with Crippen molar-refractivity contribution in [1.82, 2.24) is 24.9 Å². The van der Waals surface area contributed by atoms with Gasteiger partial charge in [0.05, 0.1) is 0 Å². The number of nitrogens with zero attached hydrogens (tertiary/aromatic N) is 5. The van der Waals surface area contributed by atoms with Crippen LogP contribution >= 0.6 is 0 Å². The van der Waals surface area contributed by atoms with Crippen molar-refractivity contribution in [3.05, 3.63) is 72.9 Å². The van der Waals surface area contributed by atoms with Gasteiger partial charge in [-0.3, -0.25) is 9.59 Å². The van der Waals surface area contributed by atoms with E-state index in [1.165, 1.54) is 29.5 Å². The number of benzene rings is 2. The van der Waals surface area contributed by atoms with E-state index in [2.05, 4.69) is 30.9 Å². The minimum atomic E-state index is -0.514. The zero-order valence-electron chi connectivity index (χ0n) is 17.6. The Kier molecular flexibility index (Phi) is 6.48. The molecule has 1 unspecified atom stereocenters. The van der Waals surface area contributed by atoms with Crippen molar-refractivity contribution >= 4 is 23.2 Å². The molecule has 4 rings (SSSR count). The monoisotopic (exact) mass is 449 g/mol. The Hall–Kier alpha value is -4.41. The quantitative estimate of drug-likeness (QED) is 0.423. The first kappa shape index (κ1) is 21.8. The Morgan fingerprint density at radius 3 is 2.42 bits per heavy atom. The van der Waals surface area contributed by atoms with E-state index in [-0.39, 0.29) is 30.5 Å². The van der Waals surface area contributed by atoms with Crippen molar-refractivity contribution in [3.8, 4) is 11.4 Å². The van der Waals surface area contributed by atoms with Crippen LogP contribution in [-0.4, -0.2) is 36.7 Å². The number of carbonyl (C=O) groups excluding carboxylic acids is 2. The molecule has 4 aromatic rings. The summed E-state index contributed by atoms with van der Waals surface area (Å²) in [5.74, 6) is -0.175. The Morgan fingerprint density at radius 2 is 1.76 bits per heavy atom. The third-order valence-corrected chi connectivity index (χ3v) is 4.79. The molecule has 1 atom stereocenters. The van der Waals surface area contributed by atoms with Gasteiger partial charge in [0, 0.05) is 29.8 Å². The fraction of sp³-hybridized carbons (Fsp3) is 0.182. The number of hydrogen-bond acceptors (Lipinski definition) is 7. The summed E-state index contributed by atoms with van der Waals surface area (Å²) in [5, 5.41) is 13.4. The second kappa shape index (κ2) is 9.81. The van der Waals surface area contributed by atoms with Crippen molar-refractivity contribution < 1.29 is 18.5 Å². The molecular formula is C22H20FN7O3. The van der Waals surface area contributed by atoms with E-state index in [0.29, 0.717) is 28.7 Å². The molecule has 0 saturated carbocycles. The molecule has 0 fully saturated rings. The van der Waals surface area contributed by atoms with Gasteiger partial charge in [-0.2, -0.15) is 10.1 Å². The first-order valence-corrected chi connectivity index (χ1v) is 10.1. The lowest BCUT2D eigenvalue weighted by Gasteiger charge is -2.12. The SMILES string of the molecule is CC(C(=O)Nc1ccc(NC(=O)CCc2nc(-c3ccc(F)cc3)no2)cc1)n1cncn1. The van der Waals surface area contributed by atoms with Crippen LogP contribution in [0.5, 0.6) is 0 Å². The topological polar surface area (TPSA) is 128 Å². The number of carbonyl (C=O) groups is 2. The first-order chi connectivity index (χ1) is 16.0. The minimum absolute atomic E-state index is 0.138. The van der Waals surface area contributed by atoms with Crippen LogP contribution in [0.2, 0.25) is 0 Å². The second-order valence-electron chi connectivity index (χ2n) is 7.18. The predicted molar refractivity (Wildman–Crippen MR) is 116 cm³/mol. The minimum Gasteiger partial charge on any atom is -0.339 e. The summed E-state index contributed by atoms with van der Waals surface area (Å²) in [6.45, 7) is 1.71. The maximum absolute atomic E-state index is 13.0. The Bertz CT molecular complexity index is 1220. The molecule has 2 N–H and O–H groups in total. The molecule has 0 aliphatic rings. The summed E-state index contributed by atoms with van der Waals surface area (Å²) in [6, 6.07) is 12.0. The third kappa shape index (κ3) is 5.64.